The van der Waals surface area contributed by atoms with Gasteiger partial charge in [0.05, 0.1) is 0 Å². The Hall–Kier alpha value is -0.890. The summed E-state index contributed by atoms with van der Waals surface area (Å²) in [5.41, 5.74) is 3.94. The van der Waals surface area contributed by atoms with Crippen LogP contribution in [0.2, 0.25) is 0 Å². The van der Waals surface area contributed by atoms with Gasteiger partial charge in [0, 0.05) is 12.0 Å². The number of hydrogen-bond acceptors (Lipinski definition) is 2. The van der Waals surface area contributed by atoms with Crippen molar-refractivity contribution in [2.45, 2.75) is 72.1 Å². The highest BCUT2D eigenvalue weighted by atomic mass is 35.5. The third-order valence-corrected chi connectivity index (χ3v) is 8.78. The molecule has 25 heavy (non-hydrogen) atoms. The number of carbonyl (C=O) groups is 2. The summed E-state index contributed by atoms with van der Waals surface area (Å²) in [5.74, 6) is 2.42. The molecular weight excluding hydrogens is 332 g/mol. The average molecular weight is 361 g/mol. The summed E-state index contributed by atoms with van der Waals surface area (Å²) in [6.07, 6.45) is 10.6. The first-order valence-electron chi connectivity index (χ1n) is 9.91. The van der Waals surface area contributed by atoms with Crippen LogP contribution in [0.5, 0.6) is 0 Å². The van der Waals surface area contributed by atoms with Crippen molar-refractivity contribution in [3.05, 3.63) is 22.8 Å². The van der Waals surface area contributed by atoms with Crippen LogP contribution in [0.3, 0.4) is 0 Å². The predicted octanol–water partition coefficient (Wildman–Crippen LogP) is 5.60. The largest absolute Gasteiger partial charge is 0.295 e. The van der Waals surface area contributed by atoms with Crippen molar-refractivity contribution in [2.24, 2.45) is 28.6 Å². The Labute approximate surface area is 156 Å². The van der Waals surface area contributed by atoms with Crippen molar-refractivity contribution >= 4 is 22.6 Å². The van der Waals surface area contributed by atoms with E-state index >= 15 is 0 Å². The average Bonchev–Trinajstić information content (AvgIpc) is 2.92. The van der Waals surface area contributed by atoms with Gasteiger partial charge in [0.1, 0.15) is 0 Å². The lowest BCUT2D eigenvalue weighted by Gasteiger charge is -2.57. The molecular formula is C22H29ClO2. The van der Waals surface area contributed by atoms with Crippen LogP contribution in [0.4, 0.5) is 0 Å². The van der Waals surface area contributed by atoms with E-state index in [4.69, 9.17) is 11.6 Å². The van der Waals surface area contributed by atoms with Crippen LogP contribution >= 0.6 is 11.6 Å². The molecule has 136 valence electrons. The quantitative estimate of drug-likeness (QED) is 0.450. The first kappa shape index (κ1) is 17.5. The zero-order valence-corrected chi connectivity index (χ0v) is 16.4. The Balaban J connectivity index is 1.69. The van der Waals surface area contributed by atoms with Crippen molar-refractivity contribution in [1.29, 1.82) is 0 Å². The minimum Gasteiger partial charge on any atom is -0.295 e. The van der Waals surface area contributed by atoms with E-state index < -0.39 is 0 Å². The number of allylic oxidation sites excluding steroid dienone is 3. The second-order valence-corrected chi connectivity index (χ2v) is 9.68. The summed E-state index contributed by atoms with van der Waals surface area (Å²) in [5, 5.41) is -0.273. The summed E-state index contributed by atoms with van der Waals surface area (Å²) in [6, 6.07) is 0. The number of fused-ring (bicyclic) bond motifs is 5. The van der Waals surface area contributed by atoms with Crippen molar-refractivity contribution in [1.82, 2.24) is 0 Å². The molecule has 5 atom stereocenters. The van der Waals surface area contributed by atoms with Gasteiger partial charge in [-0.3, -0.25) is 9.59 Å². The standard InChI is InChI=1S/C22H29ClO2/c1-13(20(23)25)17-6-7-18-16-5-4-14-12-15(24)8-10-21(14,2)19(16)9-11-22(17,18)3/h12,16,18-19H,4-11H2,1-3H3/t16-,18-,19-,21-,22+/m0/s1. The molecule has 0 spiro atoms. The lowest BCUT2D eigenvalue weighted by atomic mass is 9.47. The van der Waals surface area contributed by atoms with Gasteiger partial charge in [0.15, 0.2) is 5.78 Å². The van der Waals surface area contributed by atoms with Crippen LogP contribution in [0, 0.1) is 28.6 Å². The van der Waals surface area contributed by atoms with Crippen molar-refractivity contribution in [3.8, 4) is 0 Å². The van der Waals surface area contributed by atoms with Gasteiger partial charge in [-0.2, -0.15) is 0 Å². The second kappa shape index (κ2) is 5.81. The molecule has 0 bridgehead atoms. The monoisotopic (exact) mass is 360 g/mol. The van der Waals surface area contributed by atoms with Crippen molar-refractivity contribution in [2.75, 3.05) is 0 Å². The number of halogens is 1. The summed E-state index contributed by atoms with van der Waals surface area (Å²) < 4.78 is 0. The zero-order valence-electron chi connectivity index (χ0n) is 15.7. The highest BCUT2D eigenvalue weighted by Crippen LogP contribution is 2.66. The first-order valence-corrected chi connectivity index (χ1v) is 10.3. The first-order chi connectivity index (χ1) is 11.8. The molecule has 0 aromatic heterocycles. The number of hydrogen-bond donors (Lipinski definition) is 0. The Morgan fingerprint density at radius 3 is 2.48 bits per heavy atom. The van der Waals surface area contributed by atoms with E-state index in [-0.39, 0.29) is 16.1 Å². The van der Waals surface area contributed by atoms with E-state index in [0.29, 0.717) is 17.6 Å². The Morgan fingerprint density at radius 2 is 1.76 bits per heavy atom. The van der Waals surface area contributed by atoms with Gasteiger partial charge in [-0.15, -0.1) is 0 Å². The molecule has 0 unspecified atom stereocenters. The van der Waals surface area contributed by atoms with E-state index in [0.717, 1.165) is 43.6 Å². The lowest BCUT2D eigenvalue weighted by molar-refractivity contribution is -0.117. The molecule has 3 heteroatoms. The fourth-order valence-corrected chi connectivity index (χ4v) is 7.22. The van der Waals surface area contributed by atoms with Crippen LogP contribution < -0.4 is 0 Å². The molecule has 0 heterocycles. The number of ketones is 1. The smallest absolute Gasteiger partial charge is 0.248 e. The molecule has 0 aromatic rings. The zero-order chi connectivity index (χ0) is 18.0. The van der Waals surface area contributed by atoms with Gasteiger partial charge in [0.2, 0.25) is 5.24 Å². The number of rotatable bonds is 1. The van der Waals surface area contributed by atoms with Crippen LogP contribution in [0.15, 0.2) is 22.8 Å². The molecule has 4 rings (SSSR count). The number of carbonyl (C=O) groups excluding carboxylic acids is 2. The molecule has 2 nitrogen and oxygen atoms in total. The van der Waals surface area contributed by atoms with Crippen molar-refractivity contribution in [3.63, 3.8) is 0 Å². The van der Waals surface area contributed by atoms with Gasteiger partial charge in [-0.25, -0.2) is 0 Å². The van der Waals surface area contributed by atoms with Gasteiger partial charge < -0.3 is 0 Å². The van der Waals surface area contributed by atoms with Gasteiger partial charge >= 0.3 is 0 Å². The van der Waals surface area contributed by atoms with Crippen molar-refractivity contribution < 1.29 is 9.59 Å². The molecule has 4 aliphatic rings. The van der Waals surface area contributed by atoms with Crippen LogP contribution in [-0.2, 0) is 9.59 Å². The van der Waals surface area contributed by atoms with E-state index in [1.165, 1.54) is 30.4 Å². The summed E-state index contributed by atoms with van der Waals surface area (Å²) in [6.45, 7) is 6.72. The molecule has 0 amide bonds. The summed E-state index contributed by atoms with van der Waals surface area (Å²) >= 11 is 5.83. The van der Waals surface area contributed by atoms with E-state index in [2.05, 4.69) is 13.8 Å². The minimum absolute atomic E-state index is 0.151. The van der Waals surface area contributed by atoms with Gasteiger partial charge in [-0.05, 0) is 98.1 Å². The summed E-state index contributed by atoms with van der Waals surface area (Å²) in [4.78, 5) is 23.7. The molecule has 0 radical (unpaired) electrons. The van der Waals surface area contributed by atoms with E-state index in [9.17, 15) is 9.59 Å². The normalized spacial score (nSPS) is 45.2. The third-order valence-electron chi connectivity index (χ3n) is 8.49. The van der Waals surface area contributed by atoms with Crippen LogP contribution in [0.1, 0.15) is 72.1 Å². The van der Waals surface area contributed by atoms with E-state index in [1.807, 2.05) is 13.0 Å². The molecule has 0 aliphatic heterocycles. The molecule has 4 aliphatic carbocycles. The Kier molecular flexibility index (Phi) is 4.07. The highest BCUT2D eigenvalue weighted by molar-refractivity contribution is 6.67. The van der Waals surface area contributed by atoms with E-state index in [1.54, 1.807) is 0 Å². The molecule has 0 N–H and O–H groups in total. The van der Waals surface area contributed by atoms with Gasteiger partial charge in [0.25, 0.3) is 0 Å². The maximum Gasteiger partial charge on any atom is 0.248 e. The third kappa shape index (κ3) is 2.43. The fraction of sp³-hybridized carbons (Fsp3) is 0.727. The van der Waals surface area contributed by atoms with Crippen LogP contribution in [-0.4, -0.2) is 11.0 Å². The summed E-state index contributed by atoms with van der Waals surface area (Å²) in [7, 11) is 0. The minimum atomic E-state index is -0.273. The SMILES string of the molecule is CC(C(=O)Cl)=C1CC[C@H]2[C@@H]3CCC4=CC(=O)CC[C@]4(C)[C@H]3CC[C@]12C. The predicted molar refractivity (Wildman–Crippen MR) is 100 cm³/mol. The Bertz CT molecular complexity index is 703. The van der Waals surface area contributed by atoms with Gasteiger partial charge in [-0.1, -0.05) is 25.0 Å². The highest BCUT2D eigenvalue weighted by Gasteiger charge is 2.57. The molecule has 0 saturated heterocycles. The second-order valence-electron chi connectivity index (χ2n) is 9.34. The molecule has 0 aromatic carbocycles. The maximum atomic E-state index is 11.9. The molecule has 3 saturated carbocycles. The van der Waals surface area contributed by atoms with Crippen LogP contribution in [0.25, 0.3) is 0 Å². The maximum absolute atomic E-state index is 11.9. The topological polar surface area (TPSA) is 34.1 Å². The fourth-order valence-electron chi connectivity index (χ4n) is 7.11. The lowest BCUT2D eigenvalue weighted by Crippen LogP contribution is -2.49. The molecule has 3 fully saturated rings. The Morgan fingerprint density at radius 1 is 1.04 bits per heavy atom.